The first-order valence-electron chi connectivity index (χ1n) is 6.58. The van der Waals surface area contributed by atoms with Crippen LogP contribution >= 0.6 is 15.9 Å². The van der Waals surface area contributed by atoms with Crippen molar-refractivity contribution in [3.63, 3.8) is 0 Å². The number of halogens is 1. The lowest BCUT2D eigenvalue weighted by Gasteiger charge is -2.07. The van der Waals surface area contributed by atoms with Gasteiger partial charge in [0, 0.05) is 22.6 Å². The van der Waals surface area contributed by atoms with Crippen molar-refractivity contribution in [2.45, 2.75) is 26.7 Å². The minimum absolute atomic E-state index is 0.0710. The van der Waals surface area contributed by atoms with Crippen molar-refractivity contribution >= 4 is 27.3 Å². The van der Waals surface area contributed by atoms with E-state index in [1.54, 1.807) is 12.1 Å². The Labute approximate surface area is 130 Å². The molecule has 0 bridgehead atoms. The van der Waals surface area contributed by atoms with Gasteiger partial charge < -0.3 is 9.84 Å². The third-order valence-corrected chi connectivity index (χ3v) is 3.75. The van der Waals surface area contributed by atoms with Gasteiger partial charge in [0.2, 0.25) is 0 Å². The van der Waals surface area contributed by atoms with E-state index in [-0.39, 0.29) is 10.6 Å². The van der Waals surface area contributed by atoms with Crippen LogP contribution in [0.25, 0.3) is 0 Å². The first-order chi connectivity index (χ1) is 9.99. The molecule has 7 heteroatoms. The molecule has 0 radical (unpaired) electrons. The number of nitro benzene ring substituents is 1. The van der Waals surface area contributed by atoms with Gasteiger partial charge in [0.1, 0.15) is 11.4 Å². The molecule has 0 saturated heterocycles. The van der Waals surface area contributed by atoms with Gasteiger partial charge in [-0.2, -0.15) is 0 Å². The summed E-state index contributed by atoms with van der Waals surface area (Å²) >= 11 is 3.24. The Morgan fingerprint density at radius 2 is 2.19 bits per heavy atom. The van der Waals surface area contributed by atoms with Crippen molar-refractivity contribution in [3.05, 3.63) is 49.8 Å². The monoisotopic (exact) mass is 353 g/mol. The number of aryl methyl sites for hydroxylation is 2. The zero-order valence-corrected chi connectivity index (χ0v) is 13.4. The first kappa shape index (κ1) is 15.5. The van der Waals surface area contributed by atoms with Gasteiger partial charge in [0.05, 0.1) is 10.6 Å². The number of anilines is 1. The van der Waals surface area contributed by atoms with E-state index in [4.69, 9.17) is 4.52 Å². The van der Waals surface area contributed by atoms with Crippen LogP contribution in [0.2, 0.25) is 0 Å². The van der Waals surface area contributed by atoms with Crippen LogP contribution in [0.3, 0.4) is 0 Å². The number of nitrogens with one attached hydrogen (secondary N) is 1. The van der Waals surface area contributed by atoms with E-state index in [2.05, 4.69) is 26.4 Å². The topological polar surface area (TPSA) is 81.2 Å². The average molecular weight is 354 g/mol. The minimum Gasteiger partial charge on any atom is -0.379 e. The second-order valence-electron chi connectivity index (χ2n) is 4.75. The molecule has 1 aromatic heterocycles. The number of hydrogen-bond donors (Lipinski definition) is 1. The Balaban J connectivity index is 1.94. The van der Waals surface area contributed by atoms with E-state index in [1.165, 1.54) is 6.07 Å². The van der Waals surface area contributed by atoms with Crippen molar-refractivity contribution < 1.29 is 9.45 Å². The Kier molecular flexibility index (Phi) is 4.95. The van der Waals surface area contributed by atoms with Gasteiger partial charge in [-0.05, 0) is 38.8 Å². The zero-order valence-electron chi connectivity index (χ0n) is 11.9. The largest absolute Gasteiger partial charge is 0.379 e. The maximum atomic E-state index is 11.0. The maximum absolute atomic E-state index is 11.0. The number of nitrogens with zero attached hydrogens (tertiary/aromatic N) is 2. The number of hydrogen-bond acceptors (Lipinski definition) is 5. The second-order valence-corrected chi connectivity index (χ2v) is 5.67. The van der Waals surface area contributed by atoms with Crippen molar-refractivity contribution in [2.75, 3.05) is 11.9 Å². The van der Waals surface area contributed by atoms with Crippen LogP contribution in [0.15, 0.2) is 27.2 Å². The molecule has 0 unspecified atom stereocenters. The molecule has 0 atom stereocenters. The average Bonchev–Trinajstić information content (AvgIpc) is 2.75. The fourth-order valence-corrected chi connectivity index (χ4v) is 2.50. The van der Waals surface area contributed by atoms with Gasteiger partial charge >= 0.3 is 0 Å². The molecular formula is C14H16BrN3O3. The molecule has 2 rings (SSSR count). The molecule has 1 N–H and O–H groups in total. The highest BCUT2D eigenvalue weighted by molar-refractivity contribution is 9.10. The Morgan fingerprint density at radius 1 is 1.43 bits per heavy atom. The molecule has 1 heterocycles. The molecule has 0 fully saturated rings. The summed E-state index contributed by atoms with van der Waals surface area (Å²) < 4.78 is 5.80. The molecule has 1 aromatic carbocycles. The van der Waals surface area contributed by atoms with Crippen molar-refractivity contribution in [3.8, 4) is 0 Å². The van der Waals surface area contributed by atoms with Crippen LogP contribution in [0.1, 0.15) is 23.4 Å². The second kappa shape index (κ2) is 6.71. The van der Waals surface area contributed by atoms with Gasteiger partial charge in [0.25, 0.3) is 5.69 Å². The van der Waals surface area contributed by atoms with Crippen molar-refractivity contribution in [1.29, 1.82) is 0 Å². The summed E-state index contributed by atoms with van der Waals surface area (Å²) in [7, 11) is 0. The highest BCUT2D eigenvalue weighted by Gasteiger charge is 2.14. The molecule has 2 aromatic rings. The number of aromatic nitrogens is 1. The van der Waals surface area contributed by atoms with E-state index in [1.807, 2.05) is 13.8 Å². The predicted molar refractivity (Wildman–Crippen MR) is 83.6 cm³/mol. The van der Waals surface area contributed by atoms with Crippen LogP contribution < -0.4 is 5.32 Å². The van der Waals surface area contributed by atoms with E-state index < -0.39 is 0 Å². The summed E-state index contributed by atoms with van der Waals surface area (Å²) in [5.74, 6) is 0.835. The molecular weight excluding hydrogens is 338 g/mol. The quantitative estimate of drug-likeness (QED) is 0.482. The standard InChI is InChI=1S/C14H16BrN3O3/c1-9-12(10(2)21-17-9)4-3-7-16-13-6-5-11(15)8-14(13)18(19)20/h5-6,8,16H,3-4,7H2,1-2H3. The van der Waals surface area contributed by atoms with E-state index in [0.717, 1.165) is 29.9 Å². The SMILES string of the molecule is Cc1noc(C)c1CCCNc1ccc(Br)cc1[N+](=O)[O-]. The Bertz CT molecular complexity index is 635. The summed E-state index contributed by atoms with van der Waals surface area (Å²) in [4.78, 5) is 10.6. The van der Waals surface area contributed by atoms with Gasteiger partial charge in [-0.3, -0.25) is 10.1 Å². The van der Waals surface area contributed by atoms with E-state index in [0.29, 0.717) is 16.7 Å². The van der Waals surface area contributed by atoms with Crippen LogP contribution in [0.4, 0.5) is 11.4 Å². The van der Waals surface area contributed by atoms with Crippen molar-refractivity contribution in [1.82, 2.24) is 5.16 Å². The van der Waals surface area contributed by atoms with Crippen LogP contribution in [0, 0.1) is 24.0 Å². The summed E-state index contributed by atoms with van der Waals surface area (Å²) in [6.45, 7) is 4.45. The summed E-state index contributed by atoms with van der Waals surface area (Å²) in [5.41, 5.74) is 2.62. The van der Waals surface area contributed by atoms with Gasteiger partial charge in [-0.15, -0.1) is 0 Å². The number of benzene rings is 1. The first-order valence-corrected chi connectivity index (χ1v) is 7.38. The molecule has 0 aliphatic carbocycles. The zero-order chi connectivity index (χ0) is 15.4. The summed E-state index contributed by atoms with van der Waals surface area (Å²) in [6, 6.07) is 4.98. The van der Waals surface area contributed by atoms with E-state index >= 15 is 0 Å². The van der Waals surface area contributed by atoms with Crippen LogP contribution in [-0.4, -0.2) is 16.6 Å². The third-order valence-electron chi connectivity index (χ3n) is 3.26. The van der Waals surface area contributed by atoms with Crippen molar-refractivity contribution in [2.24, 2.45) is 0 Å². The molecule has 112 valence electrons. The Morgan fingerprint density at radius 3 is 2.81 bits per heavy atom. The Hall–Kier alpha value is -1.89. The molecule has 0 saturated carbocycles. The van der Waals surface area contributed by atoms with Gasteiger partial charge in [-0.1, -0.05) is 21.1 Å². The van der Waals surface area contributed by atoms with Gasteiger partial charge in [0.15, 0.2) is 0 Å². The van der Waals surface area contributed by atoms with Crippen LogP contribution in [0.5, 0.6) is 0 Å². The molecule has 0 amide bonds. The molecule has 0 aliphatic rings. The smallest absolute Gasteiger partial charge is 0.293 e. The maximum Gasteiger partial charge on any atom is 0.293 e. The molecule has 21 heavy (non-hydrogen) atoms. The summed E-state index contributed by atoms with van der Waals surface area (Å²) in [6.07, 6.45) is 1.68. The lowest BCUT2D eigenvalue weighted by atomic mass is 10.1. The molecule has 0 spiro atoms. The highest BCUT2D eigenvalue weighted by Crippen LogP contribution is 2.28. The fourth-order valence-electron chi connectivity index (χ4n) is 2.15. The van der Waals surface area contributed by atoms with E-state index in [9.17, 15) is 10.1 Å². The van der Waals surface area contributed by atoms with Gasteiger partial charge in [-0.25, -0.2) is 0 Å². The highest BCUT2D eigenvalue weighted by atomic mass is 79.9. The lowest BCUT2D eigenvalue weighted by molar-refractivity contribution is -0.384. The molecule has 6 nitrogen and oxygen atoms in total. The van der Waals surface area contributed by atoms with Crippen LogP contribution in [-0.2, 0) is 6.42 Å². The normalized spacial score (nSPS) is 10.6. The summed E-state index contributed by atoms with van der Waals surface area (Å²) in [5, 5.41) is 18.0. The lowest BCUT2D eigenvalue weighted by Crippen LogP contribution is -2.06. The number of nitro groups is 1. The number of rotatable bonds is 6. The third kappa shape index (κ3) is 3.81. The minimum atomic E-state index is -0.388. The molecule has 0 aliphatic heterocycles. The fraction of sp³-hybridized carbons (Fsp3) is 0.357. The predicted octanol–water partition coefficient (Wildman–Crippen LogP) is 4.01.